The maximum atomic E-state index is 12.8. The average molecular weight is 547 g/mol. The van der Waals surface area contributed by atoms with Crippen molar-refractivity contribution >= 4 is 38.5 Å². The summed E-state index contributed by atoms with van der Waals surface area (Å²) in [5, 5.41) is 16.1. The van der Waals surface area contributed by atoms with E-state index in [1.54, 1.807) is 48.5 Å². The Hall–Kier alpha value is -4.84. The highest BCUT2D eigenvalue weighted by atomic mass is 32.2. The molecule has 0 saturated carbocycles. The molecular formula is C27H26N6O5S. The molecule has 0 unspecified atom stereocenters. The Balaban J connectivity index is 1.16. The summed E-state index contributed by atoms with van der Waals surface area (Å²) in [6.07, 6.45) is 3.75. The standard InChI is InChI=1S/C27H26N6O5S/c1-2-17-5-8-19(9-6-17)39(36,37)33-18-7-12-23(30-16-18)28-13-14-29-27(35)20-10-11-21(34)25-24(20)31-26(32-25)22-4-3-15-38-22/h3-12,15-16,33-34H,2,13-14H2,1H3,(H,28,30)(H,29,35)(H,31,32). The number of aryl methyl sites for hydroxylation is 1. The number of aromatic hydroxyl groups is 1. The Kier molecular flexibility index (Phi) is 7.19. The van der Waals surface area contributed by atoms with Gasteiger partial charge in [-0.1, -0.05) is 19.1 Å². The number of hydrogen-bond donors (Lipinski definition) is 5. The molecule has 0 aliphatic rings. The molecule has 12 heteroatoms. The number of amides is 1. The second kappa shape index (κ2) is 10.9. The molecular weight excluding hydrogens is 520 g/mol. The van der Waals surface area contributed by atoms with Crippen LogP contribution in [0.25, 0.3) is 22.6 Å². The van der Waals surface area contributed by atoms with Gasteiger partial charge in [-0.05, 0) is 60.5 Å². The third kappa shape index (κ3) is 5.70. The number of sulfonamides is 1. The zero-order chi connectivity index (χ0) is 27.4. The van der Waals surface area contributed by atoms with Gasteiger partial charge in [0.05, 0.1) is 28.6 Å². The van der Waals surface area contributed by atoms with Gasteiger partial charge in [-0.3, -0.25) is 9.52 Å². The smallest absolute Gasteiger partial charge is 0.261 e. The first-order valence-electron chi connectivity index (χ1n) is 12.2. The molecule has 5 aromatic rings. The lowest BCUT2D eigenvalue weighted by molar-refractivity contribution is 0.0956. The van der Waals surface area contributed by atoms with E-state index in [0.717, 1.165) is 12.0 Å². The van der Waals surface area contributed by atoms with Crippen molar-refractivity contribution in [3.8, 4) is 17.3 Å². The van der Waals surface area contributed by atoms with E-state index in [9.17, 15) is 18.3 Å². The number of benzene rings is 2. The van der Waals surface area contributed by atoms with Crippen LogP contribution in [-0.4, -0.2) is 47.5 Å². The van der Waals surface area contributed by atoms with Gasteiger partial charge in [0.1, 0.15) is 22.6 Å². The van der Waals surface area contributed by atoms with Gasteiger partial charge in [0.25, 0.3) is 15.9 Å². The van der Waals surface area contributed by atoms with Gasteiger partial charge in [-0.15, -0.1) is 0 Å². The van der Waals surface area contributed by atoms with Crippen LogP contribution in [0.5, 0.6) is 5.75 Å². The lowest BCUT2D eigenvalue weighted by atomic mass is 10.1. The number of carbonyl (C=O) groups excluding carboxylic acids is 1. The average Bonchev–Trinajstić information content (AvgIpc) is 3.63. The monoisotopic (exact) mass is 546 g/mol. The Bertz CT molecular complexity index is 1700. The quantitative estimate of drug-likeness (QED) is 0.163. The number of anilines is 2. The zero-order valence-electron chi connectivity index (χ0n) is 20.9. The molecule has 200 valence electrons. The number of H-pyrrole nitrogens is 1. The fraction of sp³-hybridized carbons (Fsp3) is 0.148. The van der Waals surface area contributed by atoms with Crippen LogP contribution in [0.3, 0.4) is 0 Å². The van der Waals surface area contributed by atoms with Crippen molar-refractivity contribution in [2.24, 2.45) is 0 Å². The summed E-state index contributed by atoms with van der Waals surface area (Å²) >= 11 is 0. The molecule has 0 spiro atoms. The van der Waals surface area contributed by atoms with Crippen LogP contribution in [0.2, 0.25) is 0 Å². The summed E-state index contributed by atoms with van der Waals surface area (Å²) < 4.78 is 33.1. The van der Waals surface area contributed by atoms with Gasteiger partial charge in [-0.25, -0.2) is 18.4 Å². The van der Waals surface area contributed by atoms with E-state index in [1.165, 1.54) is 24.6 Å². The first-order valence-corrected chi connectivity index (χ1v) is 13.7. The van der Waals surface area contributed by atoms with Crippen LogP contribution in [-0.2, 0) is 16.4 Å². The molecule has 0 aliphatic carbocycles. The predicted octanol–water partition coefficient (Wildman–Crippen LogP) is 4.13. The molecule has 1 amide bonds. The third-order valence-electron chi connectivity index (χ3n) is 6.00. The summed E-state index contributed by atoms with van der Waals surface area (Å²) in [6, 6.07) is 16.4. The summed E-state index contributed by atoms with van der Waals surface area (Å²) in [5.41, 5.74) is 2.35. The van der Waals surface area contributed by atoms with Crippen molar-refractivity contribution in [3.05, 3.63) is 84.3 Å². The number of nitrogens with zero attached hydrogens (tertiary/aromatic N) is 2. The maximum Gasteiger partial charge on any atom is 0.261 e. The summed E-state index contributed by atoms with van der Waals surface area (Å²) in [6.45, 7) is 2.65. The highest BCUT2D eigenvalue weighted by Crippen LogP contribution is 2.29. The summed E-state index contributed by atoms with van der Waals surface area (Å²) in [7, 11) is -3.72. The van der Waals surface area contributed by atoms with Gasteiger partial charge in [0.15, 0.2) is 11.6 Å². The van der Waals surface area contributed by atoms with Gasteiger partial charge in [0.2, 0.25) is 0 Å². The molecule has 5 N–H and O–H groups in total. The topological polar surface area (TPSA) is 162 Å². The molecule has 3 aromatic heterocycles. The van der Waals surface area contributed by atoms with E-state index in [1.807, 2.05) is 6.92 Å². The normalized spacial score (nSPS) is 11.4. The molecule has 0 aliphatic heterocycles. The summed E-state index contributed by atoms with van der Waals surface area (Å²) in [5.74, 6) is 1.02. The van der Waals surface area contributed by atoms with Crippen LogP contribution in [0, 0.1) is 0 Å². The van der Waals surface area contributed by atoms with Crippen molar-refractivity contribution in [1.82, 2.24) is 20.3 Å². The number of nitrogens with one attached hydrogen (secondary N) is 4. The molecule has 3 heterocycles. The SMILES string of the molecule is CCc1ccc(S(=O)(=O)Nc2ccc(NCCNC(=O)c3ccc(O)c4[nH]c(-c5ccco5)nc34)nc2)cc1. The Morgan fingerprint density at radius 1 is 1.05 bits per heavy atom. The van der Waals surface area contributed by atoms with E-state index in [2.05, 4.69) is 30.3 Å². The van der Waals surface area contributed by atoms with Crippen LogP contribution < -0.4 is 15.4 Å². The first-order chi connectivity index (χ1) is 18.8. The highest BCUT2D eigenvalue weighted by molar-refractivity contribution is 7.92. The number of aromatic amines is 1. The minimum absolute atomic E-state index is 0.0280. The number of carbonyl (C=O) groups is 1. The van der Waals surface area contributed by atoms with Gasteiger partial charge in [-0.2, -0.15) is 0 Å². The lowest BCUT2D eigenvalue weighted by Gasteiger charge is -2.10. The number of aromatic nitrogens is 3. The second-order valence-electron chi connectivity index (χ2n) is 8.64. The Morgan fingerprint density at radius 2 is 1.87 bits per heavy atom. The first kappa shape index (κ1) is 25.8. The third-order valence-corrected chi connectivity index (χ3v) is 7.39. The second-order valence-corrected chi connectivity index (χ2v) is 10.3. The number of imidazole rings is 1. The van der Waals surface area contributed by atoms with Crippen molar-refractivity contribution in [2.45, 2.75) is 18.2 Å². The Labute approximate surface area is 224 Å². The fourth-order valence-corrected chi connectivity index (χ4v) is 4.97. The molecule has 0 bridgehead atoms. The van der Waals surface area contributed by atoms with Crippen molar-refractivity contribution in [3.63, 3.8) is 0 Å². The highest BCUT2D eigenvalue weighted by Gasteiger charge is 2.18. The van der Waals surface area contributed by atoms with Gasteiger partial charge in [0, 0.05) is 13.1 Å². The molecule has 11 nitrogen and oxygen atoms in total. The number of rotatable bonds is 10. The number of hydrogen-bond acceptors (Lipinski definition) is 8. The van der Waals surface area contributed by atoms with Crippen LogP contribution in [0.15, 0.2) is 82.4 Å². The number of phenolic OH excluding ortho intramolecular Hbond substituents is 1. The van der Waals surface area contributed by atoms with Gasteiger partial charge < -0.3 is 25.1 Å². The Morgan fingerprint density at radius 3 is 2.56 bits per heavy atom. The van der Waals surface area contributed by atoms with Crippen LogP contribution >= 0.6 is 0 Å². The van der Waals surface area contributed by atoms with E-state index < -0.39 is 10.0 Å². The largest absolute Gasteiger partial charge is 0.506 e. The molecule has 2 aromatic carbocycles. The number of furan rings is 1. The number of fused-ring (bicyclic) bond motifs is 1. The van der Waals surface area contributed by atoms with Crippen LogP contribution in [0.1, 0.15) is 22.8 Å². The molecule has 0 atom stereocenters. The van der Waals surface area contributed by atoms with E-state index in [4.69, 9.17) is 4.42 Å². The molecule has 39 heavy (non-hydrogen) atoms. The molecule has 0 saturated heterocycles. The van der Waals surface area contributed by atoms with Crippen molar-refractivity contribution in [1.29, 1.82) is 0 Å². The number of phenols is 1. The molecule has 0 fully saturated rings. The summed E-state index contributed by atoms with van der Waals surface area (Å²) in [4.78, 5) is 24.7. The molecule has 0 radical (unpaired) electrons. The van der Waals surface area contributed by atoms with E-state index in [0.29, 0.717) is 46.2 Å². The van der Waals surface area contributed by atoms with Gasteiger partial charge >= 0.3 is 0 Å². The van der Waals surface area contributed by atoms with E-state index >= 15 is 0 Å². The van der Waals surface area contributed by atoms with Crippen molar-refractivity contribution in [2.75, 3.05) is 23.1 Å². The lowest BCUT2D eigenvalue weighted by Crippen LogP contribution is -2.29. The maximum absolute atomic E-state index is 12.8. The number of pyridine rings is 1. The fourth-order valence-electron chi connectivity index (χ4n) is 3.93. The van der Waals surface area contributed by atoms with E-state index in [-0.39, 0.29) is 23.1 Å². The van der Waals surface area contributed by atoms with Crippen LogP contribution in [0.4, 0.5) is 11.5 Å². The van der Waals surface area contributed by atoms with Crippen molar-refractivity contribution < 1.29 is 22.7 Å². The molecule has 5 rings (SSSR count). The minimum atomic E-state index is -3.72. The predicted molar refractivity (Wildman–Crippen MR) is 147 cm³/mol. The zero-order valence-corrected chi connectivity index (χ0v) is 21.7. The minimum Gasteiger partial charge on any atom is -0.506 e.